The van der Waals surface area contributed by atoms with Crippen molar-refractivity contribution in [3.05, 3.63) is 0 Å². The van der Waals surface area contributed by atoms with Gasteiger partial charge in [0.25, 0.3) is 0 Å². The molecule has 50 valence electrons. The average Bonchev–Trinajstić information content (AvgIpc) is 1.87. The van der Waals surface area contributed by atoms with Crippen molar-refractivity contribution in [2.24, 2.45) is 0 Å². The van der Waals surface area contributed by atoms with E-state index >= 15 is 0 Å². The number of rotatable bonds is 3. The molecule has 0 N–H and O–H groups in total. The second kappa shape index (κ2) is 3.48. The maximum atomic E-state index is 10.6. The Morgan fingerprint density at radius 1 is 1.38 bits per heavy atom. The van der Waals surface area contributed by atoms with Crippen LogP contribution in [-0.2, 0) is 17.6 Å². The molecule has 0 aromatic heterocycles. The monoisotopic (exact) mass is 158 g/mol. The summed E-state index contributed by atoms with van der Waals surface area (Å²) in [5.41, 5.74) is 0. The molecule has 0 aromatic rings. The van der Waals surface area contributed by atoms with Crippen molar-refractivity contribution in [3.8, 4) is 0 Å². The molecule has 0 radical (unpaired) electrons. The van der Waals surface area contributed by atoms with Crippen LogP contribution in [0.4, 0.5) is 0 Å². The summed E-state index contributed by atoms with van der Waals surface area (Å²) in [7, 11) is -0.880. The third-order valence-corrected chi connectivity index (χ3v) is 2.24. The lowest BCUT2D eigenvalue weighted by molar-refractivity contribution is 0.222. The molecule has 8 heavy (non-hydrogen) atoms. The van der Waals surface area contributed by atoms with Crippen molar-refractivity contribution in [2.75, 3.05) is 14.2 Å². The molecule has 0 aliphatic rings. The van der Waals surface area contributed by atoms with Gasteiger partial charge in [0.2, 0.25) is 0 Å². The van der Waals surface area contributed by atoms with Crippen LogP contribution in [0.1, 0.15) is 0 Å². The topological polar surface area (TPSA) is 44.8 Å². The first-order valence-corrected chi connectivity index (χ1v) is 3.56. The number of hydrogen-bond acceptors (Lipinski definition) is 5. The van der Waals surface area contributed by atoms with Crippen molar-refractivity contribution < 1.29 is 17.6 Å². The van der Waals surface area contributed by atoms with E-state index in [2.05, 4.69) is 25.9 Å². The van der Waals surface area contributed by atoms with Crippen LogP contribution >= 0.6 is 20.7 Å². The van der Waals surface area contributed by atoms with Gasteiger partial charge in [-0.25, -0.2) is 8.54 Å². The molecule has 6 heteroatoms. The molecule has 0 aromatic carbocycles. The third-order valence-electron chi connectivity index (χ3n) is 0.547. The molecule has 0 aliphatic carbocycles. The summed E-state index contributed by atoms with van der Waals surface area (Å²) >= 11 is 3.25. The predicted octanol–water partition coefficient (Wildman–Crippen LogP) is 1.25. The molecule has 0 spiro atoms. The number of hydrogen-bond donors (Lipinski definition) is 1. The van der Waals surface area contributed by atoms with E-state index in [0.717, 1.165) is 0 Å². The molecule has 0 saturated carbocycles. The Hall–Kier alpha value is 0.460. The first-order valence-electron chi connectivity index (χ1n) is 1.73. The quantitative estimate of drug-likeness (QED) is 0.381. The van der Waals surface area contributed by atoms with E-state index in [1.807, 2.05) is 0 Å². The van der Waals surface area contributed by atoms with Crippen LogP contribution in [0.3, 0.4) is 0 Å². The van der Waals surface area contributed by atoms with Gasteiger partial charge in [-0.3, -0.25) is 9.05 Å². The molecule has 0 bridgehead atoms. The Kier molecular flexibility index (Phi) is 3.68. The second-order valence-electron chi connectivity index (χ2n) is 0.894. The minimum atomic E-state index is -3.30. The smallest absolute Gasteiger partial charge is 0.290 e. The van der Waals surface area contributed by atoms with Crippen LogP contribution in [0.25, 0.3) is 0 Å². The molecule has 0 amide bonds. The Morgan fingerprint density at radius 3 is 1.75 bits per heavy atom. The van der Waals surface area contributed by atoms with Gasteiger partial charge in [-0.15, -0.1) is 0 Å². The molecule has 0 unspecified atom stereocenters. The number of phosphoric acid groups is 1. The number of thiol groups is 1. The van der Waals surface area contributed by atoms with E-state index in [1.165, 1.54) is 14.2 Å². The van der Waals surface area contributed by atoms with E-state index in [9.17, 15) is 4.57 Å². The van der Waals surface area contributed by atoms with E-state index in [0.29, 0.717) is 0 Å². The second-order valence-corrected chi connectivity index (χ2v) is 3.17. The van der Waals surface area contributed by atoms with Crippen molar-refractivity contribution >= 4 is 20.7 Å². The summed E-state index contributed by atoms with van der Waals surface area (Å²) in [6.07, 6.45) is 0. The predicted molar refractivity (Wildman–Crippen MR) is 31.7 cm³/mol. The first kappa shape index (κ1) is 8.46. The fourth-order valence-electron chi connectivity index (χ4n) is 0.141. The molecule has 0 fully saturated rings. The van der Waals surface area contributed by atoms with E-state index in [4.69, 9.17) is 0 Å². The van der Waals surface area contributed by atoms with E-state index in [-0.39, 0.29) is 0 Å². The van der Waals surface area contributed by atoms with Gasteiger partial charge >= 0.3 is 7.82 Å². The van der Waals surface area contributed by atoms with Gasteiger partial charge in [-0.1, -0.05) is 0 Å². The highest BCUT2D eigenvalue weighted by Gasteiger charge is 2.20. The van der Waals surface area contributed by atoms with Gasteiger partial charge in [-0.05, 0) is 12.9 Å². The van der Waals surface area contributed by atoms with E-state index < -0.39 is 7.82 Å². The van der Waals surface area contributed by atoms with Crippen molar-refractivity contribution in [3.63, 3.8) is 0 Å². The summed E-state index contributed by atoms with van der Waals surface area (Å²) in [5.74, 6) is 0. The highest BCUT2D eigenvalue weighted by atomic mass is 32.1. The van der Waals surface area contributed by atoms with Gasteiger partial charge in [0.15, 0.2) is 0 Å². The fraction of sp³-hybridized carbons (Fsp3) is 1.00. The van der Waals surface area contributed by atoms with Gasteiger partial charge in [-0.2, -0.15) is 0 Å². The molecular weight excluding hydrogens is 151 g/mol. The lowest BCUT2D eigenvalue weighted by Gasteiger charge is -2.06. The normalized spacial score (nSPS) is 11.9. The standard InChI is InChI=1S/C2H7O4PS/c1-4-7(3,5-2)6-8/h8H,1-2H3. The molecule has 0 heterocycles. The fourth-order valence-corrected chi connectivity index (χ4v) is 0.824. The highest BCUT2D eigenvalue weighted by molar-refractivity contribution is 7.80. The molecule has 0 aliphatic heterocycles. The minimum Gasteiger partial charge on any atom is -0.290 e. The van der Waals surface area contributed by atoms with Gasteiger partial charge in [0.05, 0.1) is 0 Å². The van der Waals surface area contributed by atoms with Crippen molar-refractivity contribution in [1.82, 2.24) is 0 Å². The Labute approximate surface area is 53.4 Å². The Balaban J connectivity index is 3.79. The first-order chi connectivity index (χ1) is 3.68. The lowest BCUT2D eigenvalue weighted by Crippen LogP contribution is -1.85. The molecule has 0 atom stereocenters. The van der Waals surface area contributed by atoms with Crippen LogP contribution in [0, 0.1) is 0 Å². The largest absolute Gasteiger partial charge is 0.485 e. The van der Waals surface area contributed by atoms with Crippen LogP contribution in [0.15, 0.2) is 0 Å². The highest BCUT2D eigenvalue weighted by Crippen LogP contribution is 2.48. The SMILES string of the molecule is COP(=O)(OC)OS. The summed E-state index contributed by atoms with van der Waals surface area (Å²) in [4.78, 5) is 0. The molecule has 4 nitrogen and oxygen atoms in total. The zero-order valence-electron chi connectivity index (χ0n) is 4.53. The van der Waals surface area contributed by atoms with Crippen LogP contribution in [0.5, 0.6) is 0 Å². The van der Waals surface area contributed by atoms with Crippen molar-refractivity contribution in [2.45, 2.75) is 0 Å². The lowest BCUT2D eigenvalue weighted by atomic mass is 11.8. The Bertz CT molecular complexity index is 85.2. The van der Waals surface area contributed by atoms with Gasteiger partial charge < -0.3 is 0 Å². The Morgan fingerprint density at radius 2 is 1.75 bits per heavy atom. The zero-order chi connectivity index (χ0) is 6.62. The minimum absolute atomic E-state index is 1.21. The summed E-state index contributed by atoms with van der Waals surface area (Å²) in [5, 5.41) is 0. The van der Waals surface area contributed by atoms with Crippen molar-refractivity contribution in [1.29, 1.82) is 0 Å². The van der Waals surface area contributed by atoms with Gasteiger partial charge in [0, 0.05) is 14.2 Å². The van der Waals surface area contributed by atoms with E-state index in [1.54, 1.807) is 0 Å². The third kappa shape index (κ3) is 2.15. The van der Waals surface area contributed by atoms with Crippen LogP contribution in [-0.4, -0.2) is 14.2 Å². The summed E-state index contributed by atoms with van der Waals surface area (Å²) in [6.45, 7) is 0. The molecule has 0 rings (SSSR count). The molecule has 0 saturated heterocycles. The summed E-state index contributed by atoms with van der Waals surface area (Å²) in [6, 6.07) is 0. The van der Waals surface area contributed by atoms with Crippen LogP contribution in [0.2, 0.25) is 0 Å². The average molecular weight is 158 g/mol. The maximum absolute atomic E-state index is 10.6. The van der Waals surface area contributed by atoms with Gasteiger partial charge in [0.1, 0.15) is 0 Å². The number of phosphoric ester groups is 1. The molecular formula is C2H7O4PS. The maximum Gasteiger partial charge on any atom is 0.485 e. The van der Waals surface area contributed by atoms with Crippen LogP contribution < -0.4 is 0 Å². The summed E-state index contributed by atoms with van der Waals surface area (Å²) < 4.78 is 23.2. The zero-order valence-corrected chi connectivity index (χ0v) is 6.32.